The number of aliphatic hydroxyl groups excluding tert-OH is 1. The van der Waals surface area contributed by atoms with E-state index in [2.05, 4.69) is 13.8 Å². The Morgan fingerprint density at radius 3 is 2.83 bits per heavy atom. The third kappa shape index (κ3) is 1.43. The first-order valence-corrected chi connectivity index (χ1v) is 7.04. The number of carbonyl (C=O) groups excluding carboxylic acids is 1. The van der Waals surface area contributed by atoms with Crippen LogP contribution in [0.2, 0.25) is 0 Å². The molecular formula is C15H22O3. The van der Waals surface area contributed by atoms with Crippen LogP contribution >= 0.6 is 0 Å². The SMILES string of the molecule is CC1=C2C[C@]3(C)[C@@H](C)CCC[C@H]3[C@@H](O)[C@H]2OC1=O. The molecule has 100 valence electrons. The van der Waals surface area contributed by atoms with E-state index in [1.165, 1.54) is 12.8 Å². The van der Waals surface area contributed by atoms with Gasteiger partial charge in [0, 0.05) is 5.57 Å². The normalized spacial score (nSPS) is 47.7. The second-order valence-corrected chi connectivity index (χ2v) is 6.59. The van der Waals surface area contributed by atoms with Crippen LogP contribution in [0.4, 0.5) is 0 Å². The molecule has 2 aliphatic carbocycles. The van der Waals surface area contributed by atoms with Crippen molar-refractivity contribution in [1.82, 2.24) is 0 Å². The van der Waals surface area contributed by atoms with Gasteiger partial charge in [-0.1, -0.05) is 26.7 Å². The molecular weight excluding hydrogens is 228 g/mol. The summed E-state index contributed by atoms with van der Waals surface area (Å²) in [5, 5.41) is 10.6. The zero-order valence-electron chi connectivity index (χ0n) is 11.4. The third-order valence-electron chi connectivity index (χ3n) is 5.78. The van der Waals surface area contributed by atoms with Crippen molar-refractivity contribution in [3.63, 3.8) is 0 Å². The fourth-order valence-electron chi connectivity index (χ4n) is 4.28. The van der Waals surface area contributed by atoms with Crippen molar-refractivity contribution in [3.05, 3.63) is 11.1 Å². The quantitative estimate of drug-likeness (QED) is 0.672. The molecule has 1 N–H and O–H groups in total. The van der Waals surface area contributed by atoms with Crippen LogP contribution in [0.15, 0.2) is 11.1 Å². The second-order valence-electron chi connectivity index (χ2n) is 6.59. The fourth-order valence-corrected chi connectivity index (χ4v) is 4.28. The summed E-state index contributed by atoms with van der Waals surface area (Å²) < 4.78 is 5.36. The Morgan fingerprint density at radius 1 is 1.39 bits per heavy atom. The minimum absolute atomic E-state index is 0.124. The molecule has 0 unspecified atom stereocenters. The zero-order valence-corrected chi connectivity index (χ0v) is 11.4. The van der Waals surface area contributed by atoms with Gasteiger partial charge in [0.15, 0.2) is 6.10 Å². The minimum atomic E-state index is -0.511. The highest BCUT2D eigenvalue weighted by molar-refractivity contribution is 5.91. The Kier molecular flexibility index (Phi) is 2.60. The fraction of sp³-hybridized carbons (Fsp3) is 0.800. The van der Waals surface area contributed by atoms with Gasteiger partial charge in [0.1, 0.15) is 0 Å². The van der Waals surface area contributed by atoms with E-state index in [0.717, 1.165) is 24.0 Å². The largest absolute Gasteiger partial charge is 0.452 e. The minimum Gasteiger partial charge on any atom is -0.452 e. The summed E-state index contributed by atoms with van der Waals surface area (Å²) in [7, 11) is 0. The maximum absolute atomic E-state index is 11.7. The van der Waals surface area contributed by atoms with E-state index >= 15 is 0 Å². The summed E-state index contributed by atoms with van der Waals surface area (Å²) in [6.07, 6.45) is 3.51. The van der Waals surface area contributed by atoms with Crippen molar-refractivity contribution in [2.24, 2.45) is 17.3 Å². The van der Waals surface area contributed by atoms with Crippen molar-refractivity contribution in [2.45, 2.75) is 58.7 Å². The predicted molar refractivity (Wildman–Crippen MR) is 67.8 cm³/mol. The lowest BCUT2D eigenvalue weighted by atomic mass is 9.53. The Bertz CT molecular complexity index is 425. The number of hydrogen-bond donors (Lipinski definition) is 1. The van der Waals surface area contributed by atoms with Gasteiger partial charge in [0.25, 0.3) is 0 Å². The molecule has 3 nitrogen and oxygen atoms in total. The zero-order chi connectivity index (χ0) is 13.1. The molecule has 0 radical (unpaired) electrons. The topological polar surface area (TPSA) is 46.5 Å². The van der Waals surface area contributed by atoms with E-state index in [1.807, 2.05) is 6.92 Å². The summed E-state index contributed by atoms with van der Waals surface area (Å²) in [6, 6.07) is 0. The first-order chi connectivity index (χ1) is 8.45. The molecule has 3 aliphatic rings. The van der Waals surface area contributed by atoms with Gasteiger partial charge in [-0.05, 0) is 42.6 Å². The third-order valence-corrected chi connectivity index (χ3v) is 5.78. The van der Waals surface area contributed by atoms with Crippen molar-refractivity contribution < 1.29 is 14.6 Å². The molecule has 18 heavy (non-hydrogen) atoms. The van der Waals surface area contributed by atoms with Gasteiger partial charge in [-0.15, -0.1) is 0 Å². The molecule has 1 aliphatic heterocycles. The first kappa shape index (κ1) is 12.2. The van der Waals surface area contributed by atoms with E-state index in [1.54, 1.807) is 0 Å². The number of esters is 1. The molecule has 1 heterocycles. The Hall–Kier alpha value is -0.830. The smallest absolute Gasteiger partial charge is 0.334 e. The molecule has 0 aromatic carbocycles. The van der Waals surface area contributed by atoms with Crippen LogP contribution in [0.3, 0.4) is 0 Å². The Labute approximate surface area is 108 Å². The van der Waals surface area contributed by atoms with Crippen molar-refractivity contribution in [2.75, 3.05) is 0 Å². The second kappa shape index (κ2) is 3.83. The Morgan fingerprint density at radius 2 is 2.11 bits per heavy atom. The molecule has 3 rings (SSSR count). The first-order valence-electron chi connectivity index (χ1n) is 7.04. The predicted octanol–water partition coefficient (Wildman–Crippen LogP) is 2.44. The standard InChI is InChI=1S/C15H22O3/c1-8-5-4-6-11-12(16)13-10(7-15(8,11)3)9(2)14(17)18-13/h8,11-13,16H,4-7H2,1-3H3/t8-,11-,12+,13-,15+/m0/s1. The highest BCUT2D eigenvalue weighted by Crippen LogP contribution is 2.56. The highest BCUT2D eigenvalue weighted by atomic mass is 16.6. The van der Waals surface area contributed by atoms with Crippen molar-refractivity contribution in [1.29, 1.82) is 0 Å². The summed E-state index contributed by atoms with van der Waals surface area (Å²) >= 11 is 0. The number of ether oxygens (including phenoxy) is 1. The van der Waals surface area contributed by atoms with Gasteiger partial charge in [-0.2, -0.15) is 0 Å². The van der Waals surface area contributed by atoms with Crippen LogP contribution in [0.1, 0.15) is 46.5 Å². The molecule has 0 spiro atoms. The van der Waals surface area contributed by atoms with E-state index in [4.69, 9.17) is 4.74 Å². The van der Waals surface area contributed by atoms with Crippen LogP contribution < -0.4 is 0 Å². The van der Waals surface area contributed by atoms with Gasteiger partial charge in [-0.3, -0.25) is 0 Å². The molecule has 2 saturated carbocycles. The molecule has 0 saturated heterocycles. The van der Waals surface area contributed by atoms with E-state index in [-0.39, 0.29) is 23.4 Å². The average Bonchev–Trinajstić information content (AvgIpc) is 2.60. The number of aliphatic hydroxyl groups is 1. The monoisotopic (exact) mass is 250 g/mol. The van der Waals surface area contributed by atoms with E-state index in [9.17, 15) is 9.90 Å². The van der Waals surface area contributed by atoms with E-state index in [0.29, 0.717) is 5.92 Å². The lowest BCUT2D eigenvalue weighted by Crippen LogP contribution is -2.53. The maximum Gasteiger partial charge on any atom is 0.334 e. The molecule has 0 aromatic heterocycles. The molecule has 0 bridgehead atoms. The van der Waals surface area contributed by atoms with Crippen LogP contribution in [0.25, 0.3) is 0 Å². The number of fused-ring (bicyclic) bond motifs is 2. The van der Waals surface area contributed by atoms with Crippen LogP contribution in [0, 0.1) is 17.3 Å². The van der Waals surface area contributed by atoms with E-state index < -0.39 is 6.10 Å². The van der Waals surface area contributed by atoms with Gasteiger partial charge >= 0.3 is 5.97 Å². The molecule has 5 atom stereocenters. The van der Waals surface area contributed by atoms with Crippen LogP contribution in [-0.2, 0) is 9.53 Å². The average molecular weight is 250 g/mol. The van der Waals surface area contributed by atoms with Gasteiger partial charge in [-0.25, -0.2) is 4.79 Å². The highest BCUT2D eigenvalue weighted by Gasteiger charge is 2.55. The molecule has 2 fully saturated rings. The number of hydrogen-bond acceptors (Lipinski definition) is 3. The van der Waals surface area contributed by atoms with Crippen LogP contribution in [0.5, 0.6) is 0 Å². The molecule has 0 amide bonds. The Balaban J connectivity index is 2.02. The molecule has 3 heteroatoms. The summed E-state index contributed by atoms with van der Waals surface area (Å²) in [4.78, 5) is 11.7. The van der Waals surface area contributed by atoms with Gasteiger partial charge in [0.05, 0.1) is 6.10 Å². The van der Waals surface area contributed by atoms with Crippen LogP contribution in [-0.4, -0.2) is 23.3 Å². The lowest BCUT2D eigenvalue weighted by Gasteiger charge is -2.53. The van der Waals surface area contributed by atoms with Crippen molar-refractivity contribution >= 4 is 5.97 Å². The van der Waals surface area contributed by atoms with Gasteiger partial charge in [0.2, 0.25) is 0 Å². The number of rotatable bonds is 0. The summed E-state index contributed by atoms with van der Waals surface area (Å²) in [5.41, 5.74) is 1.91. The summed E-state index contributed by atoms with van der Waals surface area (Å²) in [6.45, 7) is 6.40. The van der Waals surface area contributed by atoms with Crippen molar-refractivity contribution in [3.8, 4) is 0 Å². The summed E-state index contributed by atoms with van der Waals surface area (Å²) in [5.74, 6) is 0.639. The number of carbonyl (C=O) groups is 1. The maximum atomic E-state index is 11.7. The molecule has 0 aromatic rings. The lowest BCUT2D eigenvalue weighted by molar-refractivity contribution is -0.154. The van der Waals surface area contributed by atoms with Gasteiger partial charge < -0.3 is 9.84 Å².